The summed E-state index contributed by atoms with van der Waals surface area (Å²) in [6.07, 6.45) is 7.45. The van der Waals surface area contributed by atoms with Crippen LogP contribution in [-0.2, 0) is 23.7 Å². The van der Waals surface area contributed by atoms with E-state index in [9.17, 15) is 20.1 Å². The third-order valence-electron chi connectivity index (χ3n) is 16.2. The fraction of sp³-hybridized carbons (Fsp3) is 0.974. The minimum Gasteiger partial charge on any atom is -0.481 e. The van der Waals surface area contributed by atoms with Crippen LogP contribution in [0.5, 0.6) is 0 Å². The molecule has 48 heavy (non-hydrogen) atoms. The van der Waals surface area contributed by atoms with Gasteiger partial charge in [-0.2, -0.15) is 0 Å². The Morgan fingerprint density at radius 1 is 1.06 bits per heavy atom. The lowest BCUT2D eigenvalue weighted by molar-refractivity contribution is -0.249. The van der Waals surface area contributed by atoms with E-state index in [1.54, 1.807) is 0 Å². The van der Waals surface area contributed by atoms with Gasteiger partial charge in [-0.05, 0) is 117 Å². The number of nitrogens with zero attached hydrogens (tertiary/aromatic N) is 1. The molecule has 274 valence electrons. The average Bonchev–Trinajstić information content (AvgIpc) is 3.64. The van der Waals surface area contributed by atoms with Crippen molar-refractivity contribution in [3.8, 4) is 0 Å². The number of carboxylic acids is 1. The van der Waals surface area contributed by atoms with Crippen LogP contribution in [0.3, 0.4) is 0 Å². The van der Waals surface area contributed by atoms with Gasteiger partial charge in [0, 0.05) is 31.7 Å². The molecule has 7 rings (SSSR count). The van der Waals surface area contributed by atoms with Gasteiger partial charge in [0.15, 0.2) is 6.29 Å². The van der Waals surface area contributed by atoms with Crippen LogP contribution in [0.1, 0.15) is 113 Å². The van der Waals surface area contributed by atoms with E-state index in [0.717, 1.165) is 38.6 Å². The van der Waals surface area contributed by atoms with Gasteiger partial charge in [-0.1, -0.05) is 34.6 Å². The Hall–Kier alpha value is -0.810. The molecule has 7 fully saturated rings. The van der Waals surface area contributed by atoms with Gasteiger partial charge in [0.25, 0.3) is 0 Å². The van der Waals surface area contributed by atoms with Crippen molar-refractivity contribution in [3.05, 3.63) is 0 Å². The fourth-order valence-electron chi connectivity index (χ4n) is 14.1. The maximum absolute atomic E-state index is 12.6. The van der Waals surface area contributed by atoms with E-state index in [2.05, 4.69) is 39.5 Å². The van der Waals surface area contributed by atoms with Crippen molar-refractivity contribution in [2.75, 3.05) is 32.8 Å². The van der Waals surface area contributed by atoms with Crippen LogP contribution >= 0.6 is 0 Å². The van der Waals surface area contributed by atoms with Crippen LogP contribution in [0.15, 0.2) is 0 Å². The van der Waals surface area contributed by atoms with Crippen molar-refractivity contribution < 1.29 is 39.1 Å². The summed E-state index contributed by atoms with van der Waals surface area (Å²) in [7, 11) is 0. The lowest BCUT2D eigenvalue weighted by atomic mass is 9.41. The fourth-order valence-corrected chi connectivity index (χ4v) is 14.1. The summed E-state index contributed by atoms with van der Waals surface area (Å²) in [4.78, 5) is 13.3. The third-order valence-corrected chi connectivity index (χ3v) is 16.2. The van der Waals surface area contributed by atoms with Crippen LogP contribution in [0.4, 0.5) is 0 Å². The van der Waals surface area contributed by atoms with Crippen molar-refractivity contribution in [1.29, 1.82) is 0 Å². The second-order valence-electron chi connectivity index (χ2n) is 19.0. The van der Waals surface area contributed by atoms with E-state index >= 15 is 0 Å². The zero-order valence-corrected chi connectivity index (χ0v) is 31.0. The average molecular weight is 676 g/mol. The molecule has 0 radical (unpaired) electrons. The Balaban J connectivity index is 1.10. The van der Waals surface area contributed by atoms with Gasteiger partial charge in [0.05, 0.1) is 43.0 Å². The molecule has 3 N–H and O–H groups in total. The minimum atomic E-state index is -1.03. The zero-order chi connectivity index (χ0) is 34.7. The Morgan fingerprint density at radius 2 is 1.77 bits per heavy atom. The summed E-state index contributed by atoms with van der Waals surface area (Å²) in [6.45, 7) is 20.7. The summed E-state index contributed by atoms with van der Waals surface area (Å²) in [5.74, 6) is 0.921. The molecule has 0 aromatic carbocycles. The summed E-state index contributed by atoms with van der Waals surface area (Å²) in [5.41, 5.74) is -0.711. The highest BCUT2D eigenvalue weighted by Gasteiger charge is 2.84. The number of carboxylic acid groups (broad SMARTS) is 1. The molecular formula is C39H65NO8. The van der Waals surface area contributed by atoms with Gasteiger partial charge in [-0.15, -0.1) is 0 Å². The summed E-state index contributed by atoms with van der Waals surface area (Å²) in [5, 5.41) is 32.8. The van der Waals surface area contributed by atoms with Crippen LogP contribution in [0.25, 0.3) is 0 Å². The third kappa shape index (κ3) is 4.97. The van der Waals surface area contributed by atoms with Gasteiger partial charge in [-0.3, -0.25) is 9.69 Å². The van der Waals surface area contributed by atoms with E-state index in [0.29, 0.717) is 49.5 Å². The molecule has 2 aliphatic heterocycles. The van der Waals surface area contributed by atoms with E-state index in [4.69, 9.17) is 18.9 Å². The van der Waals surface area contributed by atoms with Crippen molar-refractivity contribution in [1.82, 2.24) is 4.90 Å². The number of aliphatic carboxylic acids is 1. The number of fused-ring (bicyclic) bond motifs is 4. The Morgan fingerprint density at radius 3 is 2.46 bits per heavy atom. The molecule has 0 amide bonds. The number of ether oxygens (including phenoxy) is 4. The Kier molecular flexibility index (Phi) is 8.79. The van der Waals surface area contributed by atoms with E-state index in [1.807, 2.05) is 20.8 Å². The highest BCUT2D eigenvalue weighted by Crippen LogP contribution is 2.89. The Bertz CT molecular complexity index is 1240. The van der Waals surface area contributed by atoms with Crippen LogP contribution in [0.2, 0.25) is 0 Å². The predicted octanol–water partition coefficient (Wildman–Crippen LogP) is 5.49. The molecular weight excluding hydrogens is 610 g/mol. The number of carbonyl (C=O) groups is 1. The van der Waals surface area contributed by atoms with Crippen LogP contribution < -0.4 is 0 Å². The van der Waals surface area contributed by atoms with E-state index in [-0.39, 0.29) is 58.6 Å². The predicted molar refractivity (Wildman–Crippen MR) is 181 cm³/mol. The number of aliphatic hydroxyl groups excluding tert-OH is 1. The van der Waals surface area contributed by atoms with Crippen molar-refractivity contribution >= 4 is 5.97 Å². The molecule has 14 atom stereocenters. The van der Waals surface area contributed by atoms with E-state index < -0.39 is 23.8 Å². The topological polar surface area (TPSA) is 118 Å². The first kappa shape index (κ1) is 35.6. The largest absolute Gasteiger partial charge is 0.481 e. The molecule has 7 aliphatic rings. The summed E-state index contributed by atoms with van der Waals surface area (Å²) >= 11 is 0. The number of morpholine rings is 1. The number of hydrogen-bond donors (Lipinski definition) is 3. The number of aliphatic hydroxyl groups is 2. The first-order valence-corrected chi connectivity index (χ1v) is 19.3. The second kappa shape index (κ2) is 11.9. The maximum atomic E-state index is 12.6. The van der Waals surface area contributed by atoms with Crippen molar-refractivity contribution in [2.45, 2.75) is 156 Å². The summed E-state index contributed by atoms with van der Waals surface area (Å²) in [6, 6.07) is 0. The van der Waals surface area contributed by atoms with Crippen LogP contribution in [-0.4, -0.2) is 101 Å². The standard InChI is InChI=1S/C39H65NO8/c1-9-45-33(35(5,6)44)24-20-23(2)30-31(47-24)32(43)37(8)26-11-10-25-34(3,4)27(48-29-21-40(18-19-46-29)17-13-28(41)42)12-14-38(25)22-39(26,38)16-15-36(30,37)7/h23-27,29-33,43-44H,9-22H2,1-8H3,(H,41,42)/t23-,24?,25+,26?,27?,29+,30+,31?,32+,33?,36?,37-,38?,39?/m1/s1. The molecule has 0 aromatic heterocycles. The van der Waals surface area contributed by atoms with Gasteiger partial charge >= 0.3 is 5.97 Å². The lowest BCUT2D eigenvalue weighted by Crippen LogP contribution is -2.60. The number of rotatable bonds is 9. The quantitative estimate of drug-likeness (QED) is 0.292. The highest BCUT2D eigenvalue weighted by molar-refractivity contribution is 5.66. The molecule has 0 bridgehead atoms. The smallest absolute Gasteiger partial charge is 0.304 e. The second-order valence-corrected chi connectivity index (χ2v) is 19.0. The molecule has 9 nitrogen and oxygen atoms in total. The van der Waals surface area contributed by atoms with Crippen molar-refractivity contribution in [3.63, 3.8) is 0 Å². The summed E-state index contributed by atoms with van der Waals surface area (Å²) < 4.78 is 26.0. The van der Waals surface area contributed by atoms with Gasteiger partial charge in [0.1, 0.15) is 6.10 Å². The first-order valence-electron chi connectivity index (χ1n) is 19.3. The molecule has 5 aliphatic carbocycles. The Labute approximate surface area is 288 Å². The van der Waals surface area contributed by atoms with Gasteiger partial charge in [0.2, 0.25) is 0 Å². The molecule has 5 saturated carbocycles. The molecule has 9 heteroatoms. The highest BCUT2D eigenvalue weighted by atomic mass is 16.7. The van der Waals surface area contributed by atoms with Gasteiger partial charge in [-0.25, -0.2) is 0 Å². The molecule has 2 heterocycles. The minimum absolute atomic E-state index is 0.000406. The zero-order valence-electron chi connectivity index (χ0n) is 31.0. The van der Waals surface area contributed by atoms with Crippen molar-refractivity contribution in [2.24, 2.45) is 50.7 Å². The molecule has 2 saturated heterocycles. The SMILES string of the molecule is CCOC(C1C[C@@H](C)[C@H]2C(O1)[C@H](O)[C@@]1(C)C3CC[C@H]4C(C)(C)C(O[C@H]5CN(CCC(=O)O)CCO5)CCC45CC35CCC21C)C(C)(C)O. The normalized spacial score (nSPS) is 50.3. The molecule has 8 unspecified atom stereocenters. The molecule has 2 spiro atoms. The van der Waals surface area contributed by atoms with Crippen LogP contribution in [0, 0.1) is 50.7 Å². The lowest BCUT2D eigenvalue weighted by Gasteiger charge is -2.64. The first-order chi connectivity index (χ1) is 22.5. The monoisotopic (exact) mass is 675 g/mol. The van der Waals surface area contributed by atoms with E-state index in [1.165, 1.54) is 19.3 Å². The number of hydrogen-bond acceptors (Lipinski definition) is 8. The maximum Gasteiger partial charge on any atom is 0.304 e. The molecule has 0 aromatic rings. The van der Waals surface area contributed by atoms with Gasteiger partial charge < -0.3 is 34.3 Å².